The van der Waals surface area contributed by atoms with Gasteiger partial charge in [-0.1, -0.05) is 0 Å². The van der Waals surface area contributed by atoms with Crippen molar-refractivity contribution >= 4 is 0 Å². The maximum atomic E-state index is 10.00. The van der Waals surface area contributed by atoms with Crippen LogP contribution in [0, 0.1) is 11.3 Å². The van der Waals surface area contributed by atoms with E-state index in [9.17, 15) is 5.11 Å². The summed E-state index contributed by atoms with van der Waals surface area (Å²) < 4.78 is 10.4. The molecule has 0 saturated carbocycles. The molecule has 114 valence electrons. The van der Waals surface area contributed by atoms with Crippen molar-refractivity contribution in [2.75, 3.05) is 40.4 Å². The first-order valence-electron chi connectivity index (χ1n) is 6.97. The van der Waals surface area contributed by atoms with Crippen LogP contribution in [0.1, 0.15) is 18.0 Å². The number of rotatable bonds is 5. The Hall–Kier alpha value is -1.97. The van der Waals surface area contributed by atoms with Crippen LogP contribution in [-0.4, -0.2) is 50.4 Å². The summed E-state index contributed by atoms with van der Waals surface area (Å²) in [4.78, 5) is 2.27. The number of ether oxygens (including phenoxy) is 2. The van der Waals surface area contributed by atoms with Crippen LogP contribution in [0.3, 0.4) is 0 Å². The number of hydrogen-bond donors (Lipinski definition) is 2. The number of benzene rings is 1. The zero-order valence-electron chi connectivity index (χ0n) is 12.4. The second kappa shape index (κ2) is 7.16. The highest BCUT2D eigenvalue weighted by Crippen LogP contribution is 2.40. The lowest BCUT2D eigenvalue weighted by Crippen LogP contribution is -2.45. The smallest absolute Gasteiger partial charge is 0.200 e. The van der Waals surface area contributed by atoms with Crippen LogP contribution < -0.4 is 14.8 Å². The van der Waals surface area contributed by atoms with Crippen LogP contribution in [0.15, 0.2) is 12.1 Å². The normalized spacial score (nSPS) is 17.0. The maximum Gasteiger partial charge on any atom is 0.200 e. The van der Waals surface area contributed by atoms with E-state index in [2.05, 4.69) is 16.3 Å². The highest BCUT2D eigenvalue weighted by molar-refractivity contribution is 5.53. The first-order valence-corrected chi connectivity index (χ1v) is 6.97. The Labute approximate surface area is 124 Å². The second-order valence-corrected chi connectivity index (χ2v) is 4.94. The fourth-order valence-electron chi connectivity index (χ4n) is 2.64. The molecule has 1 fully saturated rings. The first-order chi connectivity index (χ1) is 10.2. The van der Waals surface area contributed by atoms with Crippen molar-refractivity contribution in [1.29, 1.82) is 5.26 Å². The van der Waals surface area contributed by atoms with Crippen molar-refractivity contribution in [2.45, 2.75) is 12.5 Å². The van der Waals surface area contributed by atoms with Gasteiger partial charge in [0.15, 0.2) is 11.5 Å². The Morgan fingerprint density at radius 2 is 1.86 bits per heavy atom. The quantitative estimate of drug-likeness (QED) is 0.850. The summed E-state index contributed by atoms with van der Waals surface area (Å²) in [5.41, 5.74) is 0.921. The van der Waals surface area contributed by atoms with E-state index in [1.165, 1.54) is 14.2 Å². The Morgan fingerprint density at radius 3 is 2.33 bits per heavy atom. The van der Waals surface area contributed by atoms with Gasteiger partial charge in [-0.05, 0) is 17.7 Å². The summed E-state index contributed by atoms with van der Waals surface area (Å²) in [6.45, 7) is 3.60. The Balaban J connectivity index is 2.37. The number of phenolic OH excluding ortho intramolecular Hbond substituents is 1. The Kier molecular flexibility index (Phi) is 5.26. The molecule has 21 heavy (non-hydrogen) atoms. The Bertz CT molecular complexity index is 496. The summed E-state index contributed by atoms with van der Waals surface area (Å²) in [6, 6.07) is 5.78. The summed E-state index contributed by atoms with van der Waals surface area (Å²) in [5, 5.41) is 22.4. The lowest BCUT2D eigenvalue weighted by molar-refractivity contribution is 0.175. The molecule has 0 spiro atoms. The number of aromatic hydroxyl groups is 1. The molecule has 0 radical (unpaired) electrons. The van der Waals surface area contributed by atoms with Crippen molar-refractivity contribution in [1.82, 2.24) is 10.2 Å². The molecule has 0 aliphatic carbocycles. The highest BCUT2D eigenvalue weighted by atomic mass is 16.5. The van der Waals surface area contributed by atoms with Gasteiger partial charge in [0.1, 0.15) is 0 Å². The van der Waals surface area contributed by atoms with E-state index in [0.717, 1.165) is 31.7 Å². The number of methoxy groups -OCH3 is 2. The van der Waals surface area contributed by atoms with Crippen LogP contribution in [0.4, 0.5) is 0 Å². The molecule has 6 heteroatoms. The molecule has 0 unspecified atom stereocenters. The van der Waals surface area contributed by atoms with Crippen LogP contribution in [-0.2, 0) is 0 Å². The van der Waals surface area contributed by atoms with Gasteiger partial charge in [-0.3, -0.25) is 4.90 Å². The lowest BCUT2D eigenvalue weighted by atomic mass is 10.0. The summed E-state index contributed by atoms with van der Waals surface area (Å²) in [7, 11) is 3.00. The molecule has 1 heterocycles. The van der Waals surface area contributed by atoms with Crippen LogP contribution in [0.25, 0.3) is 0 Å². The molecule has 2 rings (SSSR count). The third-order valence-electron chi connectivity index (χ3n) is 3.76. The molecule has 1 atom stereocenters. The van der Waals surface area contributed by atoms with E-state index in [-0.39, 0.29) is 11.8 Å². The van der Waals surface area contributed by atoms with E-state index in [1.807, 2.05) is 0 Å². The molecule has 1 aliphatic rings. The van der Waals surface area contributed by atoms with Gasteiger partial charge in [0, 0.05) is 32.2 Å². The molecule has 0 bridgehead atoms. The van der Waals surface area contributed by atoms with Gasteiger partial charge < -0.3 is 19.9 Å². The average molecular weight is 291 g/mol. The standard InChI is InChI=1S/C15H21N3O3/c1-20-13-9-11(10-14(21-2)15(13)19)12(3-4-16)18-7-5-17-6-8-18/h9-10,12,17,19H,3,5-8H2,1-2H3/t12-/m0/s1. The van der Waals surface area contributed by atoms with E-state index in [0.29, 0.717) is 17.9 Å². The zero-order chi connectivity index (χ0) is 15.2. The Morgan fingerprint density at radius 1 is 1.29 bits per heavy atom. The molecule has 1 aromatic carbocycles. The minimum absolute atomic E-state index is 0.0141. The fraction of sp³-hybridized carbons (Fsp3) is 0.533. The third-order valence-corrected chi connectivity index (χ3v) is 3.76. The summed E-state index contributed by atoms with van der Waals surface area (Å²) in [5.74, 6) is 0.713. The van der Waals surface area contributed by atoms with Crippen molar-refractivity contribution < 1.29 is 14.6 Å². The molecule has 1 aliphatic heterocycles. The molecule has 0 amide bonds. The molecular formula is C15H21N3O3. The van der Waals surface area contributed by atoms with Gasteiger partial charge >= 0.3 is 0 Å². The minimum Gasteiger partial charge on any atom is -0.502 e. The van der Waals surface area contributed by atoms with Gasteiger partial charge in [-0.15, -0.1) is 0 Å². The van der Waals surface area contributed by atoms with E-state index in [4.69, 9.17) is 14.7 Å². The van der Waals surface area contributed by atoms with Gasteiger partial charge in [0.25, 0.3) is 0 Å². The van der Waals surface area contributed by atoms with Crippen LogP contribution in [0.5, 0.6) is 17.2 Å². The van der Waals surface area contributed by atoms with Crippen molar-refractivity contribution in [3.63, 3.8) is 0 Å². The van der Waals surface area contributed by atoms with Crippen LogP contribution in [0.2, 0.25) is 0 Å². The number of piperazine rings is 1. The number of nitriles is 1. The van der Waals surface area contributed by atoms with Gasteiger partial charge in [0.2, 0.25) is 5.75 Å². The molecule has 6 nitrogen and oxygen atoms in total. The number of nitrogens with zero attached hydrogens (tertiary/aromatic N) is 2. The zero-order valence-corrected chi connectivity index (χ0v) is 12.4. The largest absolute Gasteiger partial charge is 0.502 e. The summed E-state index contributed by atoms with van der Waals surface area (Å²) in [6.07, 6.45) is 0.386. The summed E-state index contributed by atoms with van der Waals surface area (Å²) >= 11 is 0. The molecule has 0 aromatic heterocycles. The minimum atomic E-state index is -0.0273. The van der Waals surface area contributed by atoms with E-state index >= 15 is 0 Å². The molecule has 1 aromatic rings. The predicted octanol–water partition coefficient (Wildman–Crippen LogP) is 1.27. The SMILES string of the molecule is COc1cc([C@H](CC#N)N2CCNCC2)cc(OC)c1O. The maximum absolute atomic E-state index is 10.00. The molecule has 1 saturated heterocycles. The predicted molar refractivity (Wildman–Crippen MR) is 78.6 cm³/mol. The lowest BCUT2D eigenvalue weighted by Gasteiger charge is -2.34. The average Bonchev–Trinajstić information content (AvgIpc) is 2.54. The van der Waals surface area contributed by atoms with Gasteiger partial charge in [0.05, 0.1) is 26.7 Å². The molecule has 2 N–H and O–H groups in total. The van der Waals surface area contributed by atoms with Gasteiger partial charge in [-0.2, -0.15) is 5.26 Å². The van der Waals surface area contributed by atoms with E-state index < -0.39 is 0 Å². The first kappa shape index (κ1) is 15.4. The van der Waals surface area contributed by atoms with Crippen molar-refractivity contribution in [3.8, 4) is 23.3 Å². The second-order valence-electron chi connectivity index (χ2n) is 4.94. The fourth-order valence-corrected chi connectivity index (χ4v) is 2.64. The topological polar surface area (TPSA) is 77.8 Å². The number of nitrogens with one attached hydrogen (secondary N) is 1. The number of phenols is 1. The van der Waals surface area contributed by atoms with E-state index in [1.54, 1.807) is 12.1 Å². The van der Waals surface area contributed by atoms with Crippen molar-refractivity contribution in [3.05, 3.63) is 17.7 Å². The van der Waals surface area contributed by atoms with Gasteiger partial charge in [-0.25, -0.2) is 0 Å². The monoisotopic (exact) mass is 291 g/mol. The van der Waals surface area contributed by atoms with Crippen LogP contribution >= 0.6 is 0 Å². The third kappa shape index (κ3) is 3.38. The van der Waals surface area contributed by atoms with Crippen molar-refractivity contribution in [2.24, 2.45) is 0 Å². The molecular weight excluding hydrogens is 270 g/mol. The number of hydrogen-bond acceptors (Lipinski definition) is 6. The highest BCUT2D eigenvalue weighted by Gasteiger charge is 2.24.